The fraction of sp³-hybridized carbons (Fsp3) is 0.250. The first-order chi connectivity index (χ1) is 19.8. The van der Waals surface area contributed by atoms with Crippen LogP contribution in [0.4, 0.5) is 0 Å². The van der Waals surface area contributed by atoms with E-state index in [0.717, 1.165) is 44.6 Å². The summed E-state index contributed by atoms with van der Waals surface area (Å²) in [7, 11) is 0. The molecule has 1 amide bonds. The summed E-state index contributed by atoms with van der Waals surface area (Å²) >= 11 is 1.86. The van der Waals surface area contributed by atoms with E-state index in [1.54, 1.807) is 10.5 Å². The fourth-order valence-corrected chi connectivity index (χ4v) is 7.30. The third-order valence-corrected chi connectivity index (χ3v) is 9.40. The maximum Gasteiger partial charge on any atom is 0.220 e. The van der Waals surface area contributed by atoms with Crippen molar-refractivity contribution in [3.05, 3.63) is 143 Å². The monoisotopic (exact) mass is 545 g/mol. The summed E-state index contributed by atoms with van der Waals surface area (Å²) in [5.41, 5.74) is 9.32. The number of fused-ring (bicyclic) bond motifs is 2. The van der Waals surface area contributed by atoms with E-state index in [2.05, 4.69) is 115 Å². The molecule has 1 saturated heterocycles. The number of carbonyl (C=O) groups is 1. The number of nitrogens with one attached hydrogen (secondary N) is 2. The van der Waals surface area contributed by atoms with Gasteiger partial charge in [-0.25, -0.2) is 0 Å². The second kappa shape index (κ2) is 12.7. The summed E-state index contributed by atoms with van der Waals surface area (Å²) in [5, 5.41) is 3.40. The lowest BCUT2D eigenvalue weighted by atomic mass is 9.88. The number of hydrogen-bond acceptors (Lipinski definition) is 2. The van der Waals surface area contributed by atoms with Crippen LogP contribution in [-0.4, -0.2) is 25.5 Å². The van der Waals surface area contributed by atoms with Gasteiger partial charge in [0.15, 0.2) is 0 Å². The lowest BCUT2D eigenvalue weighted by Crippen LogP contribution is -3.12. The molecule has 0 aliphatic carbocycles. The lowest BCUT2D eigenvalue weighted by molar-refractivity contribution is -0.903. The molecule has 0 bridgehead atoms. The Morgan fingerprint density at radius 3 is 2.05 bits per heavy atom. The maximum absolute atomic E-state index is 13.2. The van der Waals surface area contributed by atoms with Crippen molar-refractivity contribution in [2.45, 2.75) is 42.4 Å². The molecule has 2 N–H and O–H groups in total. The first-order valence-electron chi connectivity index (χ1n) is 14.5. The SMILES string of the molecule is O=C(CCC[NH+]1CCC(=C(c2ccccc2)c2ccccc2)CC1)N[C@@H]1c2ccccc2CSc2ccccc21. The van der Waals surface area contributed by atoms with Gasteiger partial charge in [0.25, 0.3) is 0 Å². The highest BCUT2D eigenvalue weighted by Crippen LogP contribution is 2.39. The second-order valence-corrected chi connectivity index (χ2v) is 11.9. The molecule has 1 atom stereocenters. The molecule has 0 radical (unpaired) electrons. The Hall–Kier alpha value is -3.60. The Kier molecular flexibility index (Phi) is 8.46. The van der Waals surface area contributed by atoms with Gasteiger partial charge >= 0.3 is 0 Å². The predicted octanol–water partition coefficient (Wildman–Crippen LogP) is 6.46. The third-order valence-electron chi connectivity index (χ3n) is 8.26. The normalized spacial score (nSPS) is 18.2. The third kappa shape index (κ3) is 6.09. The summed E-state index contributed by atoms with van der Waals surface area (Å²) < 4.78 is 0. The topological polar surface area (TPSA) is 33.5 Å². The Labute approximate surface area is 242 Å². The van der Waals surface area contributed by atoms with E-state index in [9.17, 15) is 4.79 Å². The average Bonchev–Trinajstić information content (AvgIpc) is 3.16. The van der Waals surface area contributed by atoms with Gasteiger partial charge in [-0.2, -0.15) is 0 Å². The van der Waals surface area contributed by atoms with Crippen LogP contribution >= 0.6 is 11.8 Å². The number of benzene rings is 4. The summed E-state index contributed by atoms with van der Waals surface area (Å²) in [6.45, 7) is 3.29. The zero-order chi connectivity index (χ0) is 27.1. The van der Waals surface area contributed by atoms with E-state index in [-0.39, 0.29) is 11.9 Å². The van der Waals surface area contributed by atoms with E-state index in [0.29, 0.717) is 6.42 Å². The second-order valence-electron chi connectivity index (χ2n) is 10.8. The van der Waals surface area contributed by atoms with Gasteiger partial charge in [-0.3, -0.25) is 4.79 Å². The predicted molar refractivity (Wildman–Crippen MR) is 165 cm³/mol. The largest absolute Gasteiger partial charge is 0.345 e. The van der Waals surface area contributed by atoms with Crippen LogP contribution in [0.2, 0.25) is 0 Å². The molecule has 40 heavy (non-hydrogen) atoms. The van der Waals surface area contributed by atoms with Gasteiger partial charge in [-0.1, -0.05) is 109 Å². The highest BCUT2D eigenvalue weighted by molar-refractivity contribution is 7.98. The Balaban J connectivity index is 1.07. The molecule has 2 aliphatic rings. The summed E-state index contributed by atoms with van der Waals surface area (Å²) in [5.74, 6) is 1.08. The van der Waals surface area contributed by atoms with Crippen molar-refractivity contribution in [1.29, 1.82) is 0 Å². The zero-order valence-corrected chi connectivity index (χ0v) is 23.8. The molecule has 0 spiro atoms. The molecule has 202 valence electrons. The lowest BCUT2D eigenvalue weighted by Gasteiger charge is -2.28. The quantitative estimate of drug-likeness (QED) is 0.280. The van der Waals surface area contributed by atoms with Crippen LogP contribution in [-0.2, 0) is 10.5 Å². The minimum Gasteiger partial charge on any atom is -0.345 e. The van der Waals surface area contributed by atoms with Gasteiger partial charge < -0.3 is 10.2 Å². The number of quaternary nitrogens is 1. The minimum absolute atomic E-state index is 0.0840. The van der Waals surface area contributed by atoms with Crippen LogP contribution in [0.5, 0.6) is 0 Å². The number of likely N-dealkylation sites (tertiary alicyclic amines) is 1. The standard InChI is InChI=1S/C36H36N2OS/c39-34(37-36-31-17-8-7-16-30(31)26-40-33-19-10-9-18-32(33)36)20-11-23-38-24-21-29(22-25-38)35(27-12-3-1-4-13-27)28-14-5-2-6-15-28/h1-10,12-19,36H,11,20-26H2,(H,37,39)/p+1/t36-/m1/s1. The van der Waals surface area contributed by atoms with Crippen LogP contribution in [0.3, 0.4) is 0 Å². The molecule has 3 nitrogen and oxygen atoms in total. The Morgan fingerprint density at radius 1 is 0.750 bits per heavy atom. The van der Waals surface area contributed by atoms with Crippen molar-refractivity contribution < 1.29 is 9.69 Å². The van der Waals surface area contributed by atoms with Gasteiger partial charge in [0, 0.05) is 36.3 Å². The molecule has 2 heterocycles. The zero-order valence-electron chi connectivity index (χ0n) is 22.9. The van der Waals surface area contributed by atoms with E-state index >= 15 is 0 Å². The van der Waals surface area contributed by atoms with E-state index in [4.69, 9.17) is 0 Å². The number of thioether (sulfide) groups is 1. The molecule has 4 aromatic carbocycles. The smallest absolute Gasteiger partial charge is 0.220 e. The minimum atomic E-state index is -0.0840. The molecule has 1 fully saturated rings. The van der Waals surface area contributed by atoms with Crippen molar-refractivity contribution in [2.24, 2.45) is 0 Å². The van der Waals surface area contributed by atoms with Crippen LogP contribution in [0.25, 0.3) is 5.57 Å². The maximum atomic E-state index is 13.2. The van der Waals surface area contributed by atoms with Crippen molar-refractivity contribution in [3.63, 3.8) is 0 Å². The van der Waals surface area contributed by atoms with Gasteiger partial charge in [0.05, 0.1) is 25.7 Å². The van der Waals surface area contributed by atoms with E-state index < -0.39 is 0 Å². The van der Waals surface area contributed by atoms with Gasteiger partial charge in [-0.15, -0.1) is 11.8 Å². The molecule has 0 aromatic heterocycles. The molecular weight excluding hydrogens is 508 g/mol. The van der Waals surface area contributed by atoms with Crippen molar-refractivity contribution in [2.75, 3.05) is 19.6 Å². The Bertz CT molecular complexity index is 1380. The summed E-state index contributed by atoms with van der Waals surface area (Å²) in [6, 6.07) is 38.6. The van der Waals surface area contributed by atoms with Gasteiger partial charge in [0.2, 0.25) is 5.91 Å². The summed E-state index contributed by atoms with van der Waals surface area (Å²) in [6.07, 6.45) is 3.69. The Morgan fingerprint density at radius 2 is 1.35 bits per heavy atom. The van der Waals surface area contributed by atoms with Crippen LogP contribution in [0, 0.1) is 0 Å². The number of piperidine rings is 1. The molecular formula is C36H37N2OS+. The van der Waals surface area contributed by atoms with Crippen LogP contribution < -0.4 is 10.2 Å². The average molecular weight is 546 g/mol. The first-order valence-corrected chi connectivity index (χ1v) is 15.5. The van der Waals surface area contributed by atoms with E-state index in [1.165, 1.54) is 38.3 Å². The van der Waals surface area contributed by atoms with Crippen LogP contribution in [0.15, 0.2) is 120 Å². The summed E-state index contributed by atoms with van der Waals surface area (Å²) in [4.78, 5) is 16.1. The highest BCUT2D eigenvalue weighted by Gasteiger charge is 2.26. The number of carbonyl (C=O) groups excluding carboxylic acids is 1. The molecule has 4 heteroatoms. The molecule has 0 saturated carbocycles. The first kappa shape index (κ1) is 26.6. The van der Waals surface area contributed by atoms with Crippen molar-refractivity contribution >= 4 is 23.2 Å². The number of hydrogen-bond donors (Lipinski definition) is 2. The number of rotatable bonds is 7. The van der Waals surface area contributed by atoms with Gasteiger partial charge in [-0.05, 0) is 39.5 Å². The van der Waals surface area contributed by atoms with Gasteiger partial charge in [0.1, 0.15) is 0 Å². The van der Waals surface area contributed by atoms with Crippen molar-refractivity contribution in [1.82, 2.24) is 5.32 Å². The van der Waals surface area contributed by atoms with Crippen molar-refractivity contribution in [3.8, 4) is 0 Å². The fourth-order valence-electron chi connectivity index (χ4n) is 6.20. The highest BCUT2D eigenvalue weighted by atomic mass is 32.2. The van der Waals surface area contributed by atoms with Crippen LogP contribution in [0.1, 0.15) is 59.5 Å². The molecule has 2 aliphatic heterocycles. The molecule has 0 unspecified atom stereocenters. The number of amides is 1. The molecule has 6 rings (SSSR count). The van der Waals surface area contributed by atoms with E-state index in [1.807, 2.05) is 11.8 Å². The molecule has 4 aromatic rings.